The lowest BCUT2D eigenvalue weighted by Gasteiger charge is -2.27. The summed E-state index contributed by atoms with van der Waals surface area (Å²) in [5.74, 6) is -1.01. The van der Waals surface area contributed by atoms with E-state index in [1.807, 2.05) is 24.3 Å². The number of nitrogens with one attached hydrogen (secondary N) is 1. The van der Waals surface area contributed by atoms with E-state index in [0.29, 0.717) is 13.1 Å². The number of ether oxygens (including phenoxy) is 1. The Morgan fingerprint density at radius 3 is 2.25 bits per heavy atom. The lowest BCUT2D eigenvalue weighted by atomic mass is 10.1. The van der Waals surface area contributed by atoms with Gasteiger partial charge in [-0.25, -0.2) is 8.42 Å². The number of hydrogen-bond donors (Lipinski definition) is 1. The maximum absolute atomic E-state index is 13.3. The number of hydrogen-bond acceptors (Lipinski definition) is 5. The van der Waals surface area contributed by atoms with Crippen LogP contribution in [0.15, 0.2) is 47.4 Å². The van der Waals surface area contributed by atoms with Crippen LogP contribution in [0.4, 0.5) is 0 Å². The number of benzene rings is 2. The molecule has 0 aliphatic carbocycles. The summed E-state index contributed by atoms with van der Waals surface area (Å²) in [6.45, 7) is 6.31. The van der Waals surface area contributed by atoms with E-state index in [1.54, 1.807) is 37.8 Å². The maximum Gasteiger partial charge on any atom is 0.308 e. The monoisotopic (exact) mass is 460 g/mol. The predicted molar refractivity (Wildman–Crippen MR) is 124 cm³/mol. The van der Waals surface area contributed by atoms with Crippen LogP contribution < -0.4 is 4.72 Å². The summed E-state index contributed by atoms with van der Waals surface area (Å²) in [5.41, 5.74) is -0.732. The van der Waals surface area contributed by atoms with Gasteiger partial charge in [0.25, 0.3) is 0 Å². The van der Waals surface area contributed by atoms with Gasteiger partial charge in [0, 0.05) is 13.1 Å². The van der Waals surface area contributed by atoms with Gasteiger partial charge in [0.15, 0.2) is 0 Å². The molecule has 0 bridgehead atoms. The normalized spacial score (nSPS) is 16.4. The first-order valence-electron chi connectivity index (χ1n) is 11.1. The lowest BCUT2D eigenvalue weighted by Crippen LogP contribution is -2.50. The van der Waals surface area contributed by atoms with Crippen molar-refractivity contribution in [2.75, 3.05) is 13.1 Å². The largest absolute Gasteiger partial charge is 0.460 e. The molecule has 8 heteroatoms. The Balaban J connectivity index is 1.86. The molecule has 1 heterocycles. The van der Waals surface area contributed by atoms with Crippen molar-refractivity contribution in [3.05, 3.63) is 42.5 Å². The fourth-order valence-electron chi connectivity index (χ4n) is 3.83. The molecule has 1 saturated heterocycles. The Bertz CT molecular complexity index is 1070. The van der Waals surface area contributed by atoms with Gasteiger partial charge in [-0.1, -0.05) is 43.2 Å². The Morgan fingerprint density at radius 2 is 1.62 bits per heavy atom. The zero-order valence-electron chi connectivity index (χ0n) is 19.0. The highest BCUT2D eigenvalue weighted by molar-refractivity contribution is 7.89. The van der Waals surface area contributed by atoms with Crippen LogP contribution in [0.2, 0.25) is 0 Å². The predicted octanol–water partition coefficient (Wildman–Crippen LogP) is 3.62. The highest BCUT2D eigenvalue weighted by Crippen LogP contribution is 2.20. The van der Waals surface area contributed by atoms with E-state index in [9.17, 15) is 18.0 Å². The molecule has 0 spiro atoms. The number of carbonyl (C=O) groups is 2. The number of sulfonamides is 1. The van der Waals surface area contributed by atoms with Crippen LogP contribution in [0.5, 0.6) is 0 Å². The van der Waals surface area contributed by atoms with Gasteiger partial charge in [-0.2, -0.15) is 4.72 Å². The van der Waals surface area contributed by atoms with Crippen molar-refractivity contribution in [2.24, 2.45) is 0 Å². The molecule has 32 heavy (non-hydrogen) atoms. The minimum atomic E-state index is -4.04. The molecule has 1 fully saturated rings. The highest BCUT2D eigenvalue weighted by atomic mass is 32.2. The van der Waals surface area contributed by atoms with Crippen LogP contribution in [-0.4, -0.2) is 49.9 Å². The maximum atomic E-state index is 13.3. The summed E-state index contributed by atoms with van der Waals surface area (Å²) in [6, 6.07) is 11.0. The first-order chi connectivity index (χ1) is 15.0. The first-order valence-corrected chi connectivity index (χ1v) is 12.6. The number of rotatable bonds is 6. The molecular formula is C24H32N2O5S. The summed E-state index contributed by atoms with van der Waals surface area (Å²) < 4.78 is 34.2. The van der Waals surface area contributed by atoms with E-state index in [2.05, 4.69) is 4.72 Å². The number of carbonyl (C=O) groups excluding carboxylic acids is 2. The summed E-state index contributed by atoms with van der Waals surface area (Å²) in [7, 11) is -4.04. The standard InChI is InChI=1S/C24H32N2O5S/c1-24(2,3)31-22(27)17-21(23(28)26-14-8-4-5-9-15-26)25-32(29,30)20-13-12-18-10-6-7-11-19(18)16-20/h6-7,10-13,16,21,25H,4-5,8-9,14-15,17H2,1-3H3/t21-/m0/s1. The molecule has 1 aliphatic rings. The van der Waals surface area contributed by atoms with E-state index < -0.39 is 27.6 Å². The van der Waals surface area contributed by atoms with Gasteiger partial charge in [0.05, 0.1) is 11.3 Å². The van der Waals surface area contributed by atoms with E-state index >= 15 is 0 Å². The number of fused-ring (bicyclic) bond motifs is 1. The molecule has 0 unspecified atom stereocenters. The van der Waals surface area contributed by atoms with Crippen LogP contribution in [0.3, 0.4) is 0 Å². The Kier molecular flexibility index (Phi) is 7.56. The van der Waals surface area contributed by atoms with Gasteiger partial charge in [0.1, 0.15) is 11.6 Å². The Labute approximate surface area is 190 Å². The number of likely N-dealkylation sites (tertiary alicyclic amines) is 1. The van der Waals surface area contributed by atoms with Crippen LogP contribution in [-0.2, 0) is 24.3 Å². The molecule has 1 amide bonds. The van der Waals surface area contributed by atoms with E-state index in [1.165, 1.54) is 6.07 Å². The molecular weight excluding hydrogens is 428 g/mol. The molecule has 0 aromatic heterocycles. The molecule has 1 aliphatic heterocycles. The molecule has 2 aromatic rings. The molecule has 1 atom stereocenters. The molecule has 1 N–H and O–H groups in total. The molecule has 174 valence electrons. The van der Waals surface area contributed by atoms with Gasteiger partial charge >= 0.3 is 5.97 Å². The van der Waals surface area contributed by atoms with Crippen molar-refractivity contribution in [3.63, 3.8) is 0 Å². The summed E-state index contributed by atoms with van der Waals surface area (Å²) in [4.78, 5) is 27.5. The van der Waals surface area contributed by atoms with Crippen LogP contribution in [0.1, 0.15) is 52.9 Å². The van der Waals surface area contributed by atoms with Crippen molar-refractivity contribution in [1.82, 2.24) is 9.62 Å². The second-order valence-corrected chi connectivity index (χ2v) is 10.9. The van der Waals surface area contributed by atoms with Crippen molar-refractivity contribution in [1.29, 1.82) is 0 Å². The third-order valence-electron chi connectivity index (χ3n) is 5.34. The average Bonchev–Trinajstić information content (AvgIpc) is 3.00. The number of amides is 1. The topological polar surface area (TPSA) is 92.8 Å². The third kappa shape index (κ3) is 6.53. The zero-order chi connectivity index (χ0) is 23.4. The van der Waals surface area contributed by atoms with Gasteiger partial charge in [-0.15, -0.1) is 0 Å². The first kappa shape index (κ1) is 24.2. The van der Waals surface area contributed by atoms with E-state index in [-0.39, 0.29) is 17.2 Å². The quantitative estimate of drug-likeness (QED) is 0.665. The molecule has 7 nitrogen and oxygen atoms in total. The Morgan fingerprint density at radius 1 is 1.00 bits per heavy atom. The summed E-state index contributed by atoms with van der Waals surface area (Å²) in [5, 5.41) is 1.69. The minimum Gasteiger partial charge on any atom is -0.460 e. The van der Waals surface area contributed by atoms with Gasteiger partial charge in [0.2, 0.25) is 15.9 Å². The van der Waals surface area contributed by atoms with E-state index in [0.717, 1.165) is 36.5 Å². The molecule has 0 saturated carbocycles. The SMILES string of the molecule is CC(C)(C)OC(=O)C[C@H](NS(=O)(=O)c1ccc2ccccc2c1)C(=O)N1CCCCCC1. The lowest BCUT2D eigenvalue weighted by molar-refractivity contribution is -0.157. The number of esters is 1. The second-order valence-electron chi connectivity index (χ2n) is 9.21. The zero-order valence-corrected chi connectivity index (χ0v) is 19.8. The van der Waals surface area contributed by atoms with Crippen molar-refractivity contribution >= 4 is 32.7 Å². The third-order valence-corrected chi connectivity index (χ3v) is 6.80. The molecule has 2 aromatic carbocycles. The van der Waals surface area contributed by atoms with E-state index in [4.69, 9.17) is 4.74 Å². The molecule has 0 radical (unpaired) electrons. The van der Waals surface area contributed by atoms with Gasteiger partial charge in [-0.3, -0.25) is 9.59 Å². The van der Waals surface area contributed by atoms with Gasteiger partial charge in [-0.05, 0) is 56.5 Å². The van der Waals surface area contributed by atoms with Gasteiger partial charge < -0.3 is 9.64 Å². The number of nitrogens with zero attached hydrogens (tertiary/aromatic N) is 1. The fourth-order valence-corrected chi connectivity index (χ4v) is 5.05. The smallest absolute Gasteiger partial charge is 0.308 e. The van der Waals surface area contributed by atoms with Crippen molar-refractivity contribution in [3.8, 4) is 0 Å². The average molecular weight is 461 g/mol. The van der Waals surface area contributed by atoms with Crippen LogP contribution in [0.25, 0.3) is 10.8 Å². The van der Waals surface area contributed by atoms with Crippen LogP contribution >= 0.6 is 0 Å². The van der Waals surface area contributed by atoms with Crippen molar-refractivity contribution in [2.45, 2.75) is 69.4 Å². The molecule has 3 rings (SSSR count). The summed E-state index contributed by atoms with van der Waals surface area (Å²) >= 11 is 0. The van der Waals surface area contributed by atoms with Crippen molar-refractivity contribution < 1.29 is 22.7 Å². The van der Waals surface area contributed by atoms with Crippen LogP contribution in [0, 0.1) is 0 Å². The second kappa shape index (κ2) is 10.0. The summed E-state index contributed by atoms with van der Waals surface area (Å²) in [6.07, 6.45) is 3.43. The Hall–Kier alpha value is -2.45. The highest BCUT2D eigenvalue weighted by Gasteiger charge is 2.33. The minimum absolute atomic E-state index is 0.0501. The fraction of sp³-hybridized carbons (Fsp3) is 0.500.